The predicted octanol–water partition coefficient (Wildman–Crippen LogP) is 5.03. The van der Waals surface area contributed by atoms with E-state index in [2.05, 4.69) is 39.2 Å². The van der Waals surface area contributed by atoms with Crippen molar-refractivity contribution in [2.24, 2.45) is 23.2 Å². The van der Waals surface area contributed by atoms with Gasteiger partial charge in [0.1, 0.15) is 6.10 Å². The average Bonchev–Trinajstić information content (AvgIpc) is 3.22. The number of ether oxygens (including phenoxy) is 1. The number of aliphatic hydroxyl groups excluding tert-OH is 2. The molecule has 0 unspecified atom stereocenters. The fraction of sp³-hybridized carbons (Fsp3) is 0.667. The van der Waals surface area contributed by atoms with Crippen LogP contribution in [-0.2, 0) is 9.53 Å². The third-order valence-electron chi connectivity index (χ3n) is 8.70. The molecule has 1 saturated heterocycles. The molecule has 170 valence electrons. The third-order valence-corrected chi connectivity index (χ3v) is 8.70. The first-order chi connectivity index (χ1) is 14.7. The molecule has 0 aromatic heterocycles. The summed E-state index contributed by atoms with van der Waals surface area (Å²) in [7, 11) is 0. The van der Waals surface area contributed by atoms with Gasteiger partial charge in [-0.15, -0.1) is 0 Å². The normalized spacial score (nSPS) is 40.8. The molecule has 1 aliphatic heterocycles. The van der Waals surface area contributed by atoms with E-state index in [-0.39, 0.29) is 12.1 Å². The first-order valence-corrected chi connectivity index (χ1v) is 12.0. The van der Waals surface area contributed by atoms with E-state index >= 15 is 0 Å². The second kappa shape index (κ2) is 8.71. The zero-order valence-electron chi connectivity index (χ0n) is 19.1. The van der Waals surface area contributed by atoms with Crippen molar-refractivity contribution < 1.29 is 19.7 Å². The maximum atomic E-state index is 11.7. The van der Waals surface area contributed by atoms with Crippen LogP contribution in [0.25, 0.3) is 0 Å². The number of hydrogen-bond acceptors (Lipinski definition) is 4. The van der Waals surface area contributed by atoms with Crippen molar-refractivity contribution in [2.75, 3.05) is 0 Å². The molecule has 7 atom stereocenters. The van der Waals surface area contributed by atoms with E-state index in [4.69, 9.17) is 4.74 Å². The number of hydrogen-bond donors (Lipinski definition) is 2. The van der Waals surface area contributed by atoms with Crippen LogP contribution < -0.4 is 0 Å². The molecule has 4 nitrogen and oxygen atoms in total. The average molecular weight is 427 g/mol. The van der Waals surface area contributed by atoms with Crippen molar-refractivity contribution in [1.29, 1.82) is 0 Å². The number of fused-ring (bicyclic) bond motifs is 1. The Morgan fingerprint density at radius 2 is 1.87 bits per heavy atom. The Labute approximate surface area is 186 Å². The molecule has 0 spiro atoms. The van der Waals surface area contributed by atoms with E-state index in [1.807, 2.05) is 0 Å². The summed E-state index contributed by atoms with van der Waals surface area (Å²) < 4.78 is 5.52. The van der Waals surface area contributed by atoms with E-state index in [9.17, 15) is 15.0 Å². The molecule has 3 saturated carbocycles. The van der Waals surface area contributed by atoms with Gasteiger partial charge in [0, 0.05) is 12.0 Å². The first-order valence-electron chi connectivity index (χ1n) is 12.0. The standard InChI is InChI=1S/C27H38O4/c1-16(12-21-13-17(2)26(30)31-21)22-9-10-23-20(6-5-11-27(22,23)4)8-7-19-14-24(28)18(3)25(29)15-19/h7-8,16,21-25,28-29H,2-3,5-6,9-15H2,1,4H3/t16-,21-,22-,23+,24-,25-,27-/m1/s1. The number of allylic oxidation sites excluding steroid dienone is 3. The predicted molar refractivity (Wildman–Crippen MR) is 122 cm³/mol. The van der Waals surface area contributed by atoms with Gasteiger partial charge in [-0.05, 0) is 80.1 Å². The van der Waals surface area contributed by atoms with Gasteiger partial charge >= 0.3 is 5.97 Å². The largest absolute Gasteiger partial charge is 0.459 e. The molecule has 4 aliphatic rings. The number of carbonyl (C=O) groups is 1. The van der Waals surface area contributed by atoms with Gasteiger partial charge in [0.25, 0.3) is 0 Å². The number of rotatable bonds is 4. The minimum absolute atomic E-state index is 0.0000980. The van der Waals surface area contributed by atoms with Crippen LogP contribution >= 0.6 is 0 Å². The third kappa shape index (κ3) is 4.34. The topological polar surface area (TPSA) is 66.8 Å². The van der Waals surface area contributed by atoms with E-state index in [1.165, 1.54) is 31.3 Å². The number of cyclic esters (lactones) is 1. The van der Waals surface area contributed by atoms with Gasteiger partial charge in [-0.25, -0.2) is 4.79 Å². The molecule has 0 radical (unpaired) electrons. The van der Waals surface area contributed by atoms with Gasteiger partial charge in [0.2, 0.25) is 0 Å². The van der Waals surface area contributed by atoms with E-state index < -0.39 is 12.2 Å². The Kier molecular flexibility index (Phi) is 6.33. The molecule has 4 rings (SSSR count). The second-order valence-electron chi connectivity index (χ2n) is 10.7. The van der Waals surface area contributed by atoms with Crippen molar-refractivity contribution in [1.82, 2.24) is 0 Å². The lowest BCUT2D eigenvalue weighted by molar-refractivity contribution is -0.139. The second-order valence-corrected chi connectivity index (χ2v) is 10.7. The number of aliphatic hydroxyl groups is 2. The van der Waals surface area contributed by atoms with E-state index in [1.54, 1.807) is 0 Å². The minimum Gasteiger partial charge on any atom is -0.459 e. The molecule has 4 fully saturated rings. The fourth-order valence-electron chi connectivity index (χ4n) is 6.98. The van der Waals surface area contributed by atoms with Gasteiger partial charge in [-0.1, -0.05) is 50.3 Å². The zero-order chi connectivity index (χ0) is 22.3. The van der Waals surface area contributed by atoms with E-state index in [0.29, 0.717) is 53.6 Å². The molecule has 0 bridgehead atoms. The molecule has 0 aromatic carbocycles. The van der Waals surface area contributed by atoms with Crippen molar-refractivity contribution in [3.05, 3.63) is 47.6 Å². The summed E-state index contributed by atoms with van der Waals surface area (Å²) in [6.45, 7) is 12.5. The van der Waals surface area contributed by atoms with Gasteiger partial charge in [-0.2, -0.15) is 0 Å². The lowest BCUT2D eigenvalue weighted by atomic mass is 9.60. The van der Waals surface area contributed by atoms with Crippen LogP contribution in [0.1, 0.15) is 71.6 Å². The van der Waals surface area contributed by atoms with Crippen LogP contribution in [-0.4, -0.2) is 34.5 Å². The maximum absolute atomic E-state index is 11.7. The molecule has 3 aliphatic carbocycles. The summed E-state index contributed by atoms with van der Waals surface area (Å²) in [5.41, 5.74) is 4.09. The summed E-state index contributed by atoms with van der Waals surface area (Å²) >= 11 is 0. The highest BCUT2D eigenvalue weighted by Crippen LogP contribution is 2.60. The fourth-order valence-corrected chi connectivity index (χ4v) is 6.98. The van der Waals surface area contributed by atoms with Crippen molar-refractivity contribution in [3.8, 4) is 0 Å². The van der Waals surface area contributed by atoms with Gasteiger partial charge in [0.15, 0.2) is 0 Å². The van der Waals surface area contributed by atoms with Gasteiger partial charge in [0.05, 0.1) is 12.2 Å². The highest BCUT2D eigenvalue weighted by molar-refractivity contribution is 5.89. The first kappa shape index (κ1) is 22.5. The monoisotopic (exact) mass is 426 g/mol. The van der Waals surface area contributed by atoms with Crippen molar-refractivity contribution in [3.63, 3.8) is 0 Å². The number of carbonyl (C=O) groups excluding carboxylic acids is 1. The lowest BCUT2D eigenvalue weighted by Crippen LogP contribution is -2.36. The van der Waals surface area contributed by atoms with Crippen molar-refractivity contribution in [2.45, 2.75) is 89.9 Å². The van der Waals surface area contributed by atoms with Crippen LogP contribution in [0, 0.1) is 23.2 Å². The summed E-state index contributed by atoms with van der Waals surface area (Å²) in [6, 6.07) is 0. The lowest BCUT2D eigenvalue weighted by Gasteiger charge is -2.44. The molecule has 0 amide bonds. The summed E-state index contributed by atoms with van der Waals surface area (Å²) in [5, 5.41) is 20.3. The van der Waals surface area contributed by atoms with Gasteiger partial charge in [-0.3, -0.25) is 0 Å². The highest BCUT2D eigenvalue weighted by Gasteiger charge is 2.51. The molecule has 1 heterocycles. The Hall–Kier alpha value is -1.65. The number of esters is 1. The molecule has 4 heteroatoms. The smallest absolute Gasteiger partial charge is 0.333 e. The Morgan fingerprint density at radius 3 is 2.52 bits per heavy atom. The van der Waals surface area contributed by atoms with Crippen molar-refractivity contribution >= 4 is 5.97 Å². The minimum atomic E-state index is -0.637. The van der Waals surface area contributed by atoms with Crippen LogP contribution in [0.4, 0.5) is 0 Å². The quantitative estimate of drug-likeness (QED) is 0.376. The molecule has 0 aromatic rings. The van der Waals surface area contributed by atoms with Gasteiger partial charge < -0.3 is 14.9 Å². The van der Waals surface area contributed by atoms with Crippen LogP contribution in [0.3, 0.4) is 0 Å². The van der Waals surface area contributed by atoms with E-state index in [0.717, 1.165) is 18.4 Å². The Morgan fingerprint density at radius 1 is 1.16 bits per heavy atom. The maximum Gasteiger partial charge on any atom is 0.333 e. The summed E-state index contributed by atoms with van der Waals surface area (Å²) in [5.74, 6) is 1.54. The zero-order valence-corrected chi connectivity index (χ0v) is 19.1. The SMILES string of the molecule is C=C1C[C@@H](C[C@@H](C)[C@H]2CC[C@H]3C(=CC=C4C[C@@H](O)C(=C)[C@H](O)C4)CCC[C@]23C)OC1=O. The summed E-state index contributed by atoms with van der Waals surface area (Å²) in [4.78, 5) is 11.7. The van der Waals surface area contributed by atoms with Crippen LogP contribution in [0.5, 0.6) is 0 Å². The molecular formula is C27H38O4. The molecule has 2 N–H and O–H groups in total. The molecular weight excluding hydrogens is 388 g/mol. The molecule has 31 heavy (non-hydrogen) atoms. The Balaban J connectivity index is 1.45. The Bertz CT molecular complexity index is 789. The summed E-state index contributed by atoms with van der Waals surface area (Å²) in [6.07, 6.45) is 12.0. The van der Waals surface area contributed by atoms with Crippen LogP contribution in [0.2, 0.25) is 0 Å². The highest BCUT2D eigenvalue weighted by atomic mass is 16.5. The van der Waals surface area contributed by atoms with Crippen LogP contribution in [0.15, 0.2) is 47.6 Å².